The molecule has 0 heterocycles. The number of rotatable bonds is 5. The molecular formula is C17H22FNO3. The molecule has 22 heavy (non-hydrogen) atoms. The Balaban J connectivity index is 2.08. The van der Waals surface area contributed by atoms with Gasteiger partial charge >= 0.3 is 5.97 Å². The fraction of sp³-hybridized carbons (Fsp3) is 0.529. The molecule has 0 aliphatic heterocycles. The number of anilines is 1. The van der Waals surface area contributed by atoms with Crippen molar-refractivity contribution in [2.24, 2.45) is 11.3 Å². The molecule has 1 aliphatic rings. The number of aliphatic carboxylic acids is 1. The molecule has 1 aromatic carbocycles. The number of halogens is 1. The van der Waals surface area contributed by atoms with Crippen LogP contribution in [0, 0.1) is 17.2 Å². The summed E-state index contributed by atoms with van der Waals surface area (Å²) in [4.78, 5) is 23.1. The van der Waals surface area contributed by atoms with Crippen molar-refractivity contribution in [3.05, 3.63) is 29.6 Å². The Kier molecular flexibility index (Phi) is 4.84. The van der Waals surface area contributed by atoms with E-state index in [-0.39, 0.29) is 17.9 Å². The maximum absolute atomic E-state index is 13.8. The molecule has 0 atom stereocenters. The van der Waals surface area contributed by atoms with Crippen molar-refractivity contribution in [1.82, 2.24) is 0 Å². The van der Waals surface area contributed by atoms with Crippen LogP contribution in [0.1, 0.15) is 45.1 Å². The van der Waals surface area contributed by atoms with Crippen molar-refractivity contribution in [3.8, 4) is 0 Å². The molecule has 5 heteroatoms. The predicted octanol–water partition coefficient (Wildman–Crippen LogP) is 3.61. The third-order valence-electron chi connectivity index (χ3n) is 4.61. The molecule has 1 aromatic rings. The summed E-state index contributed by atoms with van der Waals surface area (Å²) < 4.78 is 13.8. The summed E-state index contributed by atoms with van der Waals surface area (Å²) >= 11 is 0. The lowest BCUT2D eigenvalue weighted by atomic mass is 9.77. The van der Waals surface area contributed by atoms with E-state index in [1.54, 1.807) is 6.07 Å². The van der Waals surface area contributed by atoms with Gasteiger partial charge in [0.2, 0.25) is 5.91 Å². The minimum atomic E-state index is -1.09. The first kappa shape index (κ1) is 16.5. The van der Waals surface area contributed by atoms with E-state index in [4.69, 9.17) is 5.11 Å². The van der Waals surface area contributed by atoms with Crippen molar-refractivity contribution in [3.63, 3.8) is 0 Å². The van der Waals surface area contributed by atoms with Gasteiger partial charge < -0.3 is 10.4 Å². The van der Waals surface area contributed by atoms with E-state index in [1.165, 1.54) is 12.1 Å². The predicted molar refractivity (Wildman–Crippen MR) is 82.1 cm³/mol. The highest BCUT2D eigenvalue weighted by atomic mass is 19.1. The summed E-state index contributed by atoms with van der Waals surface area (Å²) in [6.07, 6.45) is 4.03. The van der Waals surface area contributed by atoms with Gasteiger partial charge in [-0.15, -0.1) is 0 Å². The third-order valence-corrected chi connectivity index (χ3v) is 4.61. The number of hydrogen-bond acceptors (Lipinski definition) is 2. The molecule has 1 amide bonds. The first-order valence-corrected chi connectivity index (χ1v) is 7.62. The van der Waals surface area contributed by atoms with Gasteiger partial charge in [-0.1, -0.05) is 32.8 Å². The van der Waals surface area contributed by atoms with E-state index in [9.17, 15) is 14.0 Å². The van der Waals surface area contributed by atoms with Crippen molar-refractivity contribution >= 4 is 17.6 Å². The number of carboxylic acid groups (broad SMARTS) is 1. The molecule has 0 saturated heterocycles. The highest BCUT2D eigenvalue weighted by molar-refractivity contribution is 5.95. The number of hydrogen-bond donors (Lipinski definition) is 2. The summed E-state index contributed by atoms with van der Waals surface area (Å²) in [5.74, 6) is -1.47. The lowest BCUT2D eigenvalue weighted by Gasteiger charge is -2.30. The summed E-state index contributed by atoms with van der Waals surface area (Å²) in [5.41, 5.74) is -0.0181. The Hall–Kier alpha value is -1.91. The summed E-state index contributed by atoms with van der Waals surface area (Å²) in [5, 5.41) is 11.5. The first-order valence-electron chi connectivity index (χ1n) is 7.62. The molecule has 120 valence electrons. The van der Waals surface area contributed by atoms with Crippen molar-refractivity contribution < 1.29 is 19.1 Å². The van der Waals surface area contributed by atoms with Crippen LogP contribution in [-0.4, -0.2) is 17.0 Å². The van der Waals surface area contributed by atoms with Crippen LogP contribution in [0.15, 0.2) is 18.2 Å². The molecule has 2 rings (SSSR count). The summed E-state index contributed by atoms with van der Waals surface area (Å²) in [6.45, 7) is 3.85. The van der Waals surface area contributed by atoms with Gasteiger partial charge in [-0.25, -0.2) is 4.39 Å². The van der Waals surface area contributed by atoms with Crippen LogP contribution in [0.2, 0.25) is 0 Å². The topological polar surface area (TPSA) is 66.4 Å². The molecule has 0 bridgehead atoms. The average molecular weight is 307 g/mol. The molecule has 0 aromatic heterocycles. The Labute approximate surface area is 129 Å². The van der Waals surface area contributed by atoms with Crippen LogP contribution in [0.3, 0.4) is 0 Å². The zero-order chi connectivity index (χ0) is 16.3. The van der Waals surface area contributed by atoms with Gasteiger partial charge in [0.15, 0.2) is 0 Å². The minimum Gasteiger partial charge on any atom is -0.481 e. The van der Waals surface area contributed by atoms with E-state index in [1.807, 2.05) is 13.8 Å². The highest BCUT2D eigenvalue weighted by Gasteiger charge is 2.38. The monoisotopic (exact) mass is 307 g/mol. The lowest BCUT2D eigenvalue weighted by Crippen LogP contribution is -2.36. The SMILES string of the molecule is CC(C)(C(=O)Nc1ccc(CC(=O)O)c(F)c1)C1CCCC1. The van der Waals surface area contributed by atoms with E-state index in [2.05, 4.69) is 5.32 Å². The third kappa shape index (κ3) is 3.64. The van der Waals surface area contributed by atoms with E-state index < -0.39 is 17.2 Å². The van der Waals surface area contributed by atoms with Crippen molar-refractivity contribution in [2.45, 2.75) is 46.0 Å². The van der Waals surface area contributed by atoms with Gasteiger partial charge in [-0.3, -0.25) is 9.59 Å². The Morgan fingerprint density at radius 2 is 1.95 bits per heavy atom. The normalized spacial score (nSPS) is 15.8. The van der Waals surface area contributed by atoms with Gasteiger partial charge in [0.25, 0.3) is 0 Å². The van der Waals surface area contributed by atoms with Gasteiger partial charge in [-0.05, 0) is 36.5 Å². The van der Waals surface area contributed by atoms with E-state index in [0.717, 1.165) is 25.7 Å². The van der Waals surface area contributed by atoms with Gasteiger partial charge in [-0.2, -0.15) is 0 Å². The van der Waals surface area contributed by atoms with Gasteiger partial charge in [0.1, 0.15) is 5.82 Å². The molecule has 1 aliphatic carbocycles. The van der Waals surface area contributed by atoms with Gasteiger partial charge in [0.05, 0.1) is 6.42 Å². The maximum Gasteiger partial charge on any atom is 0.307 e. The van der Waals surface area contributed by atoms with Crippen LogP contribution >= 0.6 is 0 Å². The number of carbonyl (C=O) groups is 2. The summed E-state index contributed by atoms with van der Waals surface area (Å²) in [7, 11) is 0. The summed E-state index contributed by atoms with van der Waals surface area (Å²) in [6, 6.07) is 4.13. The number of carboxylic acids is 1. The lowest BCUT2D eigenvalue weighted by molar-refractivity contribution is -0.136. The van der Waals surface area contributed by atoms with Crippen LogP contribution in [0.4, 0.5) is 10.1 Å². The highest BCUT2D eigenvalue weighted by Crippen LogP contribution is 2.40. The standard InChI is InChI=1S/C17H22FNO3/c1-17(2,12-5-3-4-6-12)16(22)19-13-8-7-11(9-15(20)21)14(18)10-13/h7-8,10,12H,3-6,9H2,1-2H3,(H,19,22)(H,20,21). The molecule has 1 saturated carbocycles. The van der Waals surface area contributed by atoms with Crippen LogP contribution < -0.4 is 5.32 Å². The van der Waals surface area contributed by atoms with E-state index in [0.29, 0.717) is 11.6 Å². The van der Waals surface area contributed by atoms with E-state index >= 15 is 0 Å². The largest absolute Gasteiger partial charge is 0.481 e. The smallest absolute Gasteiger partial charge is 0.307 e. The second-order valence-electron chi connectivity index (χ2n) is 6.53. The number of carbonyl (C=O) groups excluding carboxylic acids is 1. The van der Waals surface area contributed by atoms with Crippen LogP contribution in [0.25, 0.3) is 0 Å². The second kappa shape index (κ2) is 6.46. The quantitative estimate of drug-likeness (QED) is 0.873. The fourth-order valence-electron chi connectivity index (χ4n) is 3.06. The zero-order valence-corrected chi connectivity index (χ0v) is 13.0. The number of nitrogens with one attached hydrogen (secondary N) is 1. The molecule has 1 fully saturated rings. The number of amides is 1. The maximum atomic E-state index is 13.8. The van der Waals surface area contributed by atoms with Crippen molar-refractivity contribution in [1.29, 1.82) is 0 Å². The van der Waals surface area contributed by atoms with Gasteiger partial charge in [0, 0.05) is 11.1 Å². The molecule has 2 N–H and O–H groups in total. The first-order chi connectivity index (χ1) is 10.3. The second-order valence-corrected chi connectivity index (χ2v) is 6.53. The molecular weight excluding hydrogens is 285 g/mol. The van der Waals surface area contributed by atoms with Crippen LogP contribution in [-0.2, 0) is 16.0 Å². The number of benzene rings is 1. The Bertz CT molecular complexity index is 577. The van der Waals surface area contributed by atoms with Crippen molar-refractivity contribution in [2.75, 3.05) is 5.32 Å². The van der Waals surface area contributed by atoms with Crippen LogP contribution in [0.5, 0.6) is 0 Å². The fourth-order valence-corrected chi connectivity index (χ4v) is 3.06. The average Bonchev–Trinajstić information content (AvgIpc) is 2.96. The molecule has 0 unspecified atom stereocenters. The zero-order valence-electron chi connectivity index (χ0n) is 13.0. The molecule has 0 spiro atoms. The molecule has 0 radical (unpaired) electrons. The Morgan fingerprint density at radius 3 is 2.50 bits per heavy atom. The Morgan fingerprint density at radius 1 is 1.32 bits per heavy atom. The molecule has 4 nitrogen and oxygen atoms in total. The minimum absolute atomic E-state index is 0.112.